The fraction of sp³-hybridized carbons (Fsp3) is 0.500. The maximum atomic E-state index is 12.1. The van der Waals surface area contributed by atoms with Gasteiger partial charge in [0.1, 0.15) is 0 Å². The summed E-state index contributed by atoms with van der Waals surface area (Å²) in [7, 11) is -3.33. The van der Waals surface area contributed by atoms with Crippen LogP contribution in [0.15, 0.2) is 30.3 Å². The van der Waals surface area contributed by atoms with E-state index >= 15 is 0 Å². The summed E-state index contributed by atoms with van der Waals surface area (Å²) in [5.41, 5.74) is 0.514. The third kappa shape index (κ3) is 6.11. The Bertz CT molecular complexity index is 708. The van der Waals surface area contributed by atoms with Gasteiger partial charge in [-0.1, -0.05) is 18.2 Å². The number of hydrogen-bond acceptors (Lipinski definition) is 5. The van der Waals surface area contributed by atoms with Crippen LogP contribution in [0.3, 0.4) is 0 Å². The number of rotatable bonds is 6. The van der Waals surface area contributed by atoms with Crippen molar-refractivity contribution in [3.05, 3.63) is 35.9 Å². The first-order chi connectivity index (χ1) is 11.8. The lowest BCUT2D eigenvalue weighted by atomic mass is 10.0. The van der Waals surface area contributed by atoms with Crippen LogP contribution in [-0.4, -0.2) is 68.3 Å². The van der Waals surface area contributed by atoms with E-state index in [9.17, 15) is 23.1 Å². The Morgan fingerprint density at radius 1 is 1.28 bits per heavy atom. The lowest BCUT2D eigenvalue weighted by Crippen LogP contribution is -2.55. The average molecular weight is 369 g/mol. The van der Waals surface area contributed by atoms with Crippen LogP contribution in [0.5, 0.6) is 0 Å². The minimum atomic E-state index is -3.33. The van der Waals surface area contributed by atoms with E-state index < -0.39 is 22.2 Å². The first-order valence-electron chi connectivity index (χ1n) is 8.02. The van der Waals surface area contributed by atoms with E-state index in [4.69, 9.17) is 0 Å². The van der Waals surface area contributed by atoms with E-state index in [1.807, 2.05) is 6.07 Å². The van der Waals surface area contributed by atoms with Crippen LogP contribution in [0.2, 0.25) is 0 Å². The number of benzene rings is 1. The molecule has 25 heavy (non-hydrogen) atoms. The smallest absolute Gasteiger partial charge is 0.251 e. The number of nitrogens with zero attached hydrogens (tertiary/aromatic N) is 1. The summed E-state index contributed by atoms with van der Waals surface area (Å²) < 4.78 is 24.2. The Morgan fingerprint density at radius 3 is 2.56 bits per heavy atom. The Balaban J connectivity index is 1.81. The molecule has 1 saturated heterocycles. The van der Waals surface area contributed by atoms with Gasteiger partial charge in [0.15, 0.2) is 0 Å². The van der Waals surface area contributed by atoms with Gasteiger partial charge in [-0.15, -0.1) is 0 Å². The van der Waals surface area contributed by atoms with Crippen LogP contribution < -0.4 is 10.0 Å². The molecular weight excluding hydrogens is 346 g/mol. The van der Waals surface area contributed by atoms with Gasteiger partial charge < -0.3 is 15.3 Å². The van der Waals surface area contributed by atoms with Crippen molar-refractivity contribution in [2.24, 2.45) is 0 Å². The highest BCUT2D eigenvalue weighted by Crippen LogP contribution is 2.13. The standard InChI is InChI=1S/C16H23N3O5S/c1-25(23,24)17-9-7-15(21)19-10-8-13(14(20)11-19)18-16(22)12-5-3-2-4-6-12/h2-6,13-14,17,20H,7-11H2,1H3,(H,18,22)/t13-,14-/m1/s1. The van der Waals surface area contributed by atoms with Crippen molar-refractivity contribution in [1.29, 1.82) is 0 Å². The van der Waals surface area contributed by atoms with Gasteiger partial charge >= 0.3 is 0 Å². The summed E-state index contributed by atoms with van der Waals surface area (Å²) in [5.74, 6) is -0.496. The number of likely N-dealkylation sites (tertiary alicyclic amines) is 1. The van der Waals surface area contributed by atoms with Crippen LogP contribution in [0, 0.1) is 0 Å². The van der Waals surface area contributed by atoms with Crippen LogP contribution in [-0.2, 0) is 14.8 Å². The lowest BCUT2D eigenvalue weighted by Gasteiger charge is -2.36. The Hall–Kier alpha value is -1.97. The number of aliphatic hydroxyl groups excluding tert-OH is 1. The molecule has 1 aliphatic heterocycles. The number of sulfonamides is 1. The molecular formula is C16H23N3O5S. The van der Waals surface area contributed by atoms with E-state index in [-0.39, 0.29) is 31.3 Å². The molecule has 0 unspecified atom stereocenters. The molecule has 138 valence electrons. The average Bonchev–Trinajstić information content (AvgIpc) is 2.56. The number of hydrogen-bond donors (Lipinski definition) is 3. The number of piperidine rings is 1. The van der Waals surface area contributed by atoms with Crippen LogP contribution in [0.25, 0.3) is 0 Å². The lowest BCUT2D eigenvalue weighted by molar-refractivity contribution is -0.134. The number of carbonyl (C=O) groups is 2. The molecule has 0 radical (unpaired) electrons. The molecule has 1 aliphatic rings. The number of carbonyl (C=O) groups excluding carboxylic acids is 2. The van der Waals surface area contributed by atoms with Gasteiger partial charge in [-0.05, 0) is 18.6 Å². The fourth-order valence-electron chi connectivity index (χ4n) is 2.67. The normalized spacial score (nSPS) is 21.0. The maximum absolute atomic E-state index is 12.1. The van der Waals surface area contributed by atoms with E-state index in [0.717, 1.165) is 6.26 Å². The third-order valence-corrected chi connectivity index (χ3v) is 4.72. The monoisotopic (exact) mass is 369 g/mol. The van der Waals surface area contributed by atoms with Crippen LogP contribution in [0.1, 0.15) is 23.2 Å². The molecule has 0 bridgehead atoms. The molecule has 0 aliphatic carbocycles. The minimum Gasteiger partial charge on any atom is -0.389 e. The van der Waals surface area contributed by atoms with Gasteiger partial charge in [0.05, 0.1) is 18.4 Å². The highest BCUT2D eigenvalue weighted by molar-refractivity contribution is 7.88. The summed E-state index contributed by atoms with van der Waals surface area (Å²) in [6.45, 7) is 0.532. The number of aliphatic hydroxyl groups is 1. The Morgan fingerprint density at radius 2 is 1.96 bits per heavy atom. The first kappa shape index (κ1) is 19.4. The van der Waals surface area contributed by atoms with Gasteiger partial charge in [-0.25, -0.2) is 13.1 Å². The van der Waals surface area contributed by atoms with E-state index in [0.29, 0.717) is 18.5 Å². The van der Waals surface area contributed by atoms with Crippen molar-refractivity contribution in [2.45, 2.75) is 25.0 Å². The second kappa shape index (κ2) is 8.41. The van der Waals surface area contributed by atoms with Crippen LogP contribution in [0.4, 0.5) is 0 Å². The van der Waals surface area contributed by atoms with Crippen molar-refractivity contribution < 1.29 is 23.1 Å². The summed E-state index contributed by atoms with van der Waals surface area (Å²) in [5, 5.41) is 13.0. The highest BCUT2D eigenvalue weighted by Gasteiger charge is 2.31. The van der Waals surface area contributed by atoms with Gasteiger partial charge in [0, 0.05) is 31.6 Å². The second-order valence-corrected chi connectivity index (χ2v) is 7.89. The van der Waals surface area contributed by atoms with Gasteiger partial charge in [0.25, 0.3) is 5.91 Å². The maximum Gasteiger partial charge on any atom is 0.251 e. The summed E-state index contributed by atoms with van der Waals surface area (Å²) in [6, 6.07) is 8.29. The summed E-state index contributed by atoms with van der Waals surface area (Å²) in [6.07, 6.45) is 0.627. The fourth-order valence-corrected chi connectivity index (χ4v) is 3.14. The van der Waals surface area contributed by atoms with Crippen molar-refractivity contribution >= 4 is 21.8 Å². The van der Waals surface area contributed by atoms with Gasteiger partial charge in [0.2, 0.25) is 15.9 Å². The third-order valence-electron chi connectivity index (χ3n) is 3.99. The molecule has 3 N–H and O–H groups in total. The summed E-state index contributed by atoms with van der Waals surface area (Å²) in [4.78, 5) is 25.7. The number of amides is 2. The number of nitrogens with one attached hydrogen (secondary N) is 2. The van der Waals surface area contributed by atoms with Crippen molar-refractivity contribution in [2.75, 3.05) is 25.9 Å². The molecule has 1 aromatic rings. The highest BCUT2D eigenvalue weighted by atomic mass is 32.2. The molecule has 2 atom stereocenters. The van der Waals surface area contributed by atoms with Gasteiger partial charge in [-0.2, -0.15) is 0 Å². The zero-order valence-corrected chi connectivity index (χ0v) is 14.8. The first-order valence-corrected chi connectivity index (χ1v) is 9.92. The second-order valence-electron chi connectivity index (χ2n) is 6.06. The number of β-amino-alcohol motifs (C(OH)–C–C–N with tert-alkyl or cyclic N) is 1. The largest absolute Gasteiger partial charge is 0.389 e. The Kier molecular flexibility index (Phi) is 6.51. The molecule has 9 heteroatoms. The van der Waals surface area contributed by atoms with Crippen molar-refractivity contribution in [3.8, 4) is 0 Å². The summed E-state index contributed by atoms with van der Waals surface area (Å²) >= 11 is 0. The predicted octanol–water partition coefficient (Wildman–Crippen LogP) is -0.682. The predicted molar refractivity (Wildman–Crippen MR) is 92.4 cm³/mol. The SMILES string of the molecule is CS(=O)(=O)NCCC(=O)N1CC[C@@H](NC(=O)c2ccccc2)[C@H](O)C1. The minimum absolute atomic E-state index is 0.0262. The molecule has 1 aromatic carbocycles. The zero-order chi connectivity index (χ0) is 18.4. The molecule has 0 saturated carbocycles. The van der Waals surface area contributed by atoms with E-state index in [1.165, 1.54) is 4.90 Å². The zero-order valence-electron chi connectivity index (χ0n) is 14.0. The topological polar surface area (TPSA) is 116 Å². The molecule has 2 rings (SSSR count). The molecule has 0 aromatic heterocycles. The quantitative estimate of drug-likeness (QED) is 0.614. The van der Waals surface area contributed by atoms with Crippen LogP contribution >= 0.6 is 0 Å². The van der Waals surface area contributed by atoms with E-state index in [1.54, 1.807) is 24.3 Å². The van der Waals surface area contributed by atoms with Crippen molar-refractivity contribution in [3.63, 3.8) is 0 Å². The molecule has 8 nitrogen and oxygen atoms in total. The molecule has 2 amide bonds. The molecule has 1 fully saturated rings. The molecule has 1 heterocycles. The Labute approximate surface area is 147 Å². The van der Waals surface area contributed by atoms with E-state index in [2.05, 4.69) is 10.0 Å². The van der Waals surface area contributed by atoms with Gasteiger partial charge in [-0.3, -0.25) is 9.59 Å². The van der Waals surface area contributed by atoms with Crippen molar-refractivity contribution in [1.82, 2.24) is 14.9 Å². The molecule has 0 spiro atoms.